The summed E-state index contributed by atoms with van der Waals surface area (Å²) in [7, 11) is 0. The first-order chi connectivity index (χ1) is 10.9. The molecule has 8 heteroatoms. The summed E-state index contributed by atoms with van der Waals surface area (Å²) in [4.78, 5) is 40.3. The van der Waals surface area contributed by atoms with Crippen molar-refractivity contribution in [3.8, 4) is 0 Å². The van der Waals surface area contributed by atoms with Gasteiger partial charge in [-0.1, -0.05) is 0 Å². The van der Waals surface area contributed by atoms with Crippen LogP contribution in [0.2, 0.25) is 0 Å². The third-order valence-corrected chi connectivity index (χ3v) is 4.17. The molecule has 0 aliphatic rings. The zero-order valence-corrected chi connectivity index (χ0v) is 14.2. The molecule has 0 aliphatic heterocycles. The van der Waals surface area contributed by atoms with Crippen molar-refractivity contribution >= 4 is 33.9 Å². The van der Waals surface area contributed by atoms with Gasteiger partial charge in [0.15, 0.2) is 4.96 Å². The Morgan fingerprint density at radius 3 is 2.83 bits per heavy atom. The summed E-state index contributed by atoms with van der Waals surface area (Å²) in [6.07, 6.45) is 2.33. The van der Waals surface area contributed by atoms with E-state index in [0.717, 1.165) is 10.7 Å². The van der Waals surface area contributed by atoms with E-state index in [1.165, 1.54) is 11.3 Å². The number of carbonyl (C=O) groups excluding carboxylic acids is 3. The number of likely N-dealkylation sites (N-methyl/N-ethyl adjacent to an activating group) is 1. The SMILES string of the molecule is CCNC(=O)C(=O)CCC(C)NC(=O)c1csc2nc(C)cn12. The maximum atomic E-state index is 12.3. The molecule has 0 aliphatic carbocycles. The topological polar surface area (TPSA) is 92.6 Å². The fraction of sp³-hybridized carbons (Fsp3) is 0.467. The standard InChI is InChI=1S/C15H20N4O3S/c1-4-16-14(22)12(20)6-5-9(2)17-13(21)11-8-23-15-18-10(3)7-19(11)15/h7-9H,4-6H2,1-3H3,(H,16,22)(H,17,21). The predicted octanol–water partition coefficient (Wildman–Crippen LogP) is 1.31. The van der Waals surface area contributed by atoms with Crippen LogP contribution in [0, 0.1) is 6.92 Å². The van der Waals surface area contributed by atoms with Gasteiger partial charge in [0.2, 0.25) is 5.78 Å². The van der Waals surface area contributed by atoms with Crippen molar-refractivity contribution in [3.63, 3.8) is 0 Å². The highest BCUT2D eigenvalue weighted by Crippen LogP contribution is 2.16. The van der Waals surface area contributed by atoms with E-state index in [4.69, 9.17) is 0 Å². The van der Waals surface area contributed by atoms with Gasteiger partial charge in [-0.2, -0.15) is 0 Å². The maximum Gasteiger partial charge on any atom is 0.287 e. The number of imidazole rings is 1. The van der Waals surface area contributed by atoms with E-state index >= 15 is 0 Å². The molecule has 0 radical (unpaired) electrons. The van der Waals surface area contributed by atoms with Crippen molar-refractivity contribution in [1.29, 1.82) is 0 Å². The molecule has 7 nitrogen and oxygen atoms in total. The number of thiazole rings is 1. The molecule has 2 heterocycles. The van der Waals surface area contributed by atoms with Crippen LogP contribution >= 0.6 is 11.3 Å². The number of Topliss-reactive ketones (excluding diaryl/α,β-unsaturated/α-hetero) is 1. The second-order valence-corrected chi connectivity index (χ2v) is 6.19. The lowest BCUT2D eigenvalue weighted by molar-refractivity contribution is -0.137. The highest BCUT2D eigenvalue weighted by molar-refractivity contribution is 7.15. The van der Waals surface area contributed by atoms with Crippen LogP contribution < -0.4 is 10.6 Å². The first-order valence-electron chi connectivity index (χ1n) is 7.47. The Morgan fingerprint density at radius 1 is 1.39 bits per heavy atom. The van der Waals surface area contributed by atoms with E-state index in [-0.39, 0.29) is 18.4 Å². The van der Waals surface area contributed by atoms with Gasteiger partial charge in [-0.05, 0) is 27.2 Å². The fourth-order valence-electron chi connectivity index (χ4n) is 2.15. The van der Waals surface area contributed by atoms with Crippen LogP contribution in [0.1, 0.15) is 42.9 Å². The molecule has 1 unspecified atom stereocenters. The van der Waals surface area contributed by atoms with Crippen molar-refractivity contribution in [1.82, 2.24) is 20.0 Å². The van der Waals surface area contributed by atoms with Gasteiger partial charge in [-0.15, -0.1) is 11.3 Å². The second-order valence-electron chi connectivity index (χ2n) is 5.35. The van der Waals surface area contributed by atoms with E-state index in [2.05, 4.69) is 15.6 Å². The summed E-state index contributed by atoms with van der Waals surface area (Å²) in [6.45, 7) is 5.87. The molecular weight excluding hydrogens is 316 g/mol. The van der Waals surface area contributed by atoms with Crippen molar-refractivity contribution in [2.75, 3.05) is 6.54 Å². The smallest absolute Gasteiger partial charge is 0.287 e. The first kappa shape index (κ1) is 17.1. The molecule has 2 aromatic heterocycles. The minimum absolute atomic E-state index is 0.108. The Bertz CT molecular complexity index is 734. The zero-order valence-electron chi connectivity index (χ0n) is 13.4. The number of ketones is 1. The third-order valence-electron chi connectivity index (χ3n) is 3.33. The molecule has 0 saturated heterocycles. The van der Waals surface area contributed by atoms with Crippen LogP contribution in [-0.2, 0) is 9.59 Å². The average Bonchev–Trinajstić information content (AvgIpc) is 3.03. The van der Waals surface area contributed by atoms with Gasteiger partial charge in [0, 0.05) is 30.6 Å². The second kappa shape index (κ2) is 7.36. The lowest BCUT2D eigenvalue weighted by Gasteiger charge is -2.12. The molecule has 2 amide bonds. The van der Waals surface area contributed by atoms with Crippen LogP contribution in [0.4, 0.5) is 0 Å². The number of hydrogen-bond acceptors (Lipinski definition) is 5. The van der Waals surface area contributed by atoms with E-state index in [1.807, 2.05) is 20.0 Å². The quantitative estimate of drug-likeness (QED) is 0.746. The van der Waals surface area contributed by atoms with Gasteiger partial charge >= 0.3 is 0 Å². The normalized spacial score (nSPS) is 12.1. The van der Waals surface area contributed by atoms with Gasteiger partial charge in [-0.25, -0.2) is 4.98 Å². The van der Waals surface area contributed by atoms with Crippen LogP contribution in [0.3, 0.4) is 0 Å². The molecule has 2 aromatic rings. The van der Waals surface area contributed by atoms with Gasteiger partial charge in [0.25, 0.3) is 11.8 Å². The summed E-state index contributed by atoms with van der Waals surface area (Å²) < 4.78 is 1.75. The number of aromatic nitrogens is 2. The lowest BCUT2D eigenvalue weighted by atomic mass is 10.1. The Balaban J connectivity index is 1.90. The Hall–Kier alpha value is -2.22. The van der Waals surface area contributed by atoms with E-state index in [9.17, 15) is 14.4 Å². The number of rotatable bonds is 7. The van der Waals surface area contributed by atoms with Crippen molar-refractivity contribution in [2.45, 2.75) is 39.7 Å². The molecule has 0 aromatic carbocycles. The molecule has 2 N–H and O–H groups in total. The maximum absolute atomic E-state index is 12.3. The van der Waals surface area contributed by atoms with Crippen molar-refractivity contribution in [2.24, 2.45) is 0 Å². The van der Waals surface area contributed by atoms with Crippen LogP contribution in [-0.4, -0.2) is 39.6 Å². The Morgan fingerprint density at radius 2 is 2.13 bits per heavy atom. The largest absolute Gasteiger partial charge is 0.350 e. The van der Waals surface area contributed by atoms with E-state index in [0.29, 0.717) is 18.7 Å². The fourth-order valence-corrected chi connectivity index (χ4v) is 3.05. The summed E-state index contributed by atoms with van der Waals surface area (Å²) in [5, 5.41) is 7.07. The number of aryl methyl sites for hydroxylation is 1. The van der Waals surface area contributed by atoms with Gasteiger partial charge in [-0.3, -0.25) is 18.8 Å². The van der Waals surface area contributed by atoms with Crippen LogP contribution in [0.5, 0.6) is 0 Å². The lowest BCUT2D eigenvalue weighted by Crippen LogP contribution is -2.35. The Kier molecular flexibility index (Phi) is 5.49. The average molecular weight is 336 g/mol. The molecule has 1 atom stereocenters. The third kappa shape index (κ3) is 4.16. The summed E-state index contributed by atoms with van der Waals surface area (Å²) >= 11 is 1.40. The molecule has 2 rings (SSSR count). The number of fused-ring (bicyclic) bond motifs is 1. The monoisotopic (exact) mass is 336 g/mol. The molecular formula is C15H20N4O3S. The number of nitrogens with zero attached hydrogens (tertiary/aromatic N) is 2. The van der Waals surface area contributed by atoms with Crippen molar-refractivity contribution in [3.05, 3.63) is 23.0 Å². The molecule has 23 heavy (non-hydrogen) atoms. The summed E-state index contributed by atoms with van der Waals surface area (Å²) in [5.41, 5.74) is 1.37. The van der Waals surface area contributed by atoms with Crippen LogP contribution in [0.15, 0.2) is 11.6 Å². The van der Waals surface area contributed by atoms with Crippen LogP contribution in [0.25, 0.3) is 4.96 Å². The number of carbonyl (C=O) groups is 3. The molecule has 0 spiro atoms. The zero-order chi connectivity index (χ0) is 17.0. The van der Waals surface area contributed by atoms with Crippen molar-refractivity contribution < 1.29 is 14.4 Å². The summed E-state index contributed by atoms with van der Waals surface area (Å²) in [6, 6.07) is -0.208. The molecule has 124 valence electrons. The minimum atomic E-state index is -0.570. The predicted molar refractivity (Wildman–Crippen MR) is 87.7 cm³/mol. The van der Waals surface area contributed by atoms with Gasteiger partial charge in [0.05, 0.1) is 5.69 Å². The molecule has 0 bridgehead atoms. The Labute approximate surface area is 138 Å². The number of amides is 2. The molecule has 0 fully saturated rings. The number of nitrogens with one attached hydrogen (secondary N) is 2. The van der Waals surface area contributed by atoms with Gasteiger partial charge < -0.3 is 10.6 Å². The minimum Gasteiger partial charge on any atom is -0.350 e. The highest BCUT2D eigenvalue weighted by Gasteiger charge is 2.18. The summed E-state index contributed by atoms with van der Waals surface area (Å²) in [5.74, 6) is -1.25. The van der Waals surface area contributed by atoms with E-state index in [1.54, 1.807) is 16.7 Å². The highest BCUT2D eigenvalue weighted by atomic mass is 32.1. The first-order valence-corrected chi connectivity index (χ1v) is 8.35. The van der Waals surface area contributed by atoms with E-state index < -0.39 is 11.7 Å². The van der Waals surface area contributed by atoms with Gasteiger partial charge in [0.1, 0.15) is 5.69 Å². The number of hydrogen-bond donors (Lipinski definition) is 2. The molecule has 0 saturated carbocycles.